The Morgan fingerprint density at radius 3 is 2.50 bits per heavy atom. The Labute approximate surface area is 203 Å². The van der Waals surface area contributed by atoms with Crippen LogP contribution in [0.25, 0.3) is 0 Å². The molecule has 1 aliphatic carbocycles. The van der Waals surface area contributed by atoms with Gasteiger partial charge in [-0.2, -0.15) is 0 Å². The summed E-state index contributed by atoms with van der Waals surface area (Å²) in [7, 11) is 0. The number of nitrogens with zero attached hydrogens (tertiary/aromatic N) is 3. The molecule has 0 spiro atoms. The first-order chi connectivity index (χ1) is 16.5. The Morgan fingerprint density at radius 2 is 1.79 bits per heavy atom. The number of rotatable bonds is 7. The molecule has 0 radical (unpaired) electrons. The molecule has 1 aromatic heterocycles. The van der Waals surface area contributed by atoms with E-state index in [-0.39, 0.29) is 33.7 Å². The number of aromatic nitrogens is 2. The lowest BCUT2D eigenvalue weighted by Crippen LogP contribution is -2.43. The fourth-order valence-corrected chi connectivity index (χ4v) is 5.03. The van der Waals surface area contributed by atoms with Crippen molar-refractivity contribution in [2.75, 3.05) is 25.0 Å². The van der Waals surface area contributed by atoms with Gasteiger partial charge >= 0.3 is 0 Å². The summed E-state index contributed by atoms with van der Waals surface area (Å²) in [5.41, 5.74) is 3.21. The molecule has 0 atom stereocenters. The van der Waals surface area contributed by atoms with Crippen molar-refractivity contribution in [1.82, 2.24) is 20.4 Å². The number of amides is 3. The van der Waals surface area contributed by atoms with Crippen molar-refractivity contribution in [3.63, 3.8) is 0 Å². The second kappa shape index (κ2) is 11.4. The number of piperidine rings is 1. The van der Waals surface area contributed by atoms with Crippen LogP contribution in [0.3, 0.4) is 0 Å². The molecular formula is C25H31N5O3S. The van der Waals surface area contributed by atoms with Crippen molar-refractivity contribution in [2.24, 2.45) is 5.92 Å². The van der Waals surface area contributed by atoms with Gasteiger partial charge in [0.15, 0.2) is 0 Å². The summed E-state index contributed by atoms with van der Waals surface area (Å²) < 4.78 is 0. The number of carbonyl (C=O) groups is 3. The van der Waals surface area contributed by atoms with E-state index in [4.69, 9.17) is 0 Å². The van der Waals surface area contributed by atoms with Gasteiger partial charge in [-0.15, -0.1) is 10.2 Å². The van der Waals surface area contributed by atoms with E-state index in [1.54, 1.807) is 4.90 Å². The van der Waals surface area contributed by atoms with Gasteiger partial charge in [-0.3, -0.25) is 14.4 Å². The minimum atomic E-state index is -0.389. The highest BCUT2D eigenvalue weighted by molar-refractivity contribution is 7.15. The average molecular weight is 482 g/mol. The zero-order valence-corrected chi connectivity index (χ0v) is 20.3. The van der Waals surface area contributed by atoms with Gasteiger partial charge in [0.25, 0.3) is 11.8 Å². The lowest BCUT2D eigenvalue weighted by molar-refractivity contribution is -0.126. The largest absolute Gasteiger partial charge is 0.356 e. The van der Waals surface area contributed by atoms with E-state index in [2.05, 4.69) is 26.9 Å². The van der Waals surface area contributed by atoms with Crippen LogP contribution in [-0.2, 0) is 4.79 Å². The predicted octanol–water partition coefficient (Wildman–Crippen LogP) is 3.96. The zero-order valence-electron chi connectivity index (χ0n) is 19.5. The summed E-state index contributed by atoms with van der Waals surface area (Å²) in [5, 5.41) is 14.0. The average Bonchev–Trinajstić information content (AvgIpc) is 3.36. The Hall–Kier alpha value is -3.07. The fraction of sp³-hybridized carbons (Fsp3) is 0.480. The van der Waals surface area contributed by atoms with Crippen LogP contribution in [0.2, 0.25) is 0 Å². The molecule has 9 heteroatoms. The standard InChI is InChI=1S/C25H31N5O3S/c1-17-7-9-20(10-8-17)27-22(32)23-28-29-24(34-23)25(33)30-15-12-19(13-16-30)21(31)26-14-11-18-5-3-2-4-6-18/h5,7-10,19H,2-4,6,11-16H2,1H3,(H,26,31)(H,27,32). The molecule has 3 amide bonds. The summed E-state index contributed by atoms with van der Waals surface area (Å²) >= 11 is 0.987. The van der Waals surface area contributed by atoms with Gasteiger partial charge in [0, 0.05) is 31.2 Å². The quantitative estimate of drug-likeness (QED) is 0.583. The Kier molecular flexibility index (Phi) is 8.05. The predicted molar refractivity (Wildman–Crippen MR) is 132 cm³/mol. The number of hydrogen-bond acceptors (Lipinski definition) is 6. The third-order valence-electron chi connectivity index (χ3n) is 6.39. The number of carbonyl (C=O) groups excluding carboxylic acids is 3. The Balaban J connectivity index is 1.23. The number of likely N-dealkylation sites (tertiary alicyclic amines) is 1. The summed E-state index contributed by atoms with van der Waals surface area (Å²) in [6, 6.07) is 7.44. The monoisotopic (exact) mass is 481 g/mol. The molecule has 0 unspecified atom stereocenters. The first-order valence-electron chi connectivity index (χ1n) is 12.0. The van der Waals surface area contributed by atoms with Gasteiger partial charge in [-0.05, 0) is 64.0 Å². The van der Waals surface area contributed by atoms with E-state index in [1.807, 2.05) is 31.2 Å². The van der Waals surface area contributed by atoms with E-state index >= 15 is 0 Å². The van der Waals surface area contributed by atoms with Crippen LogP contribution in [-0.4, -0.2) is 52.5 Å². The van der Waals surface area contributed by atoms with E-state index < -0.39 is 0 Å². The molecule has 2 aromatic rings. The SMILES string of the molecule is Cc1ccc(NC(=O)c2nnc(C(=O)N3CCC(C(=O)NCCC4=CCCCC4)CC3)s2)cc1. The first-order valence-corrected chi connectivity index (χ1v) is 12.8. The highest BCUT2D eigenvalue weighted by Gasteiger charge is 2.29. The van der Waals surface area contributed by atoms with Crippen molar-refractivity contribution < 1.29 is 14.4 Å². The second-order valence-electron chi connectivity index (χ2n) is 8.95. The molecule has 0 saturated carbocycles. The van der Waals surface area contributed by atoms with Crippen molar-refractivity contribution >= 4 is 34.7 Å². The summed E-state index contributed by atoms with van der Waals surface area (Å²) in [6.45, 7) is 3.64. The number of anilines is 1. The van der Waals surface area contributed by atoms with Gasteiger partial charge in [-0.25, -0.2) is 0 Å². The smallest absolute Gasteiger partial charge is 0.286 e. The maximum absolute atomic E-state index is 12.9. The van der Waals surface area contributed by atoms with Crippen molar-refractivity contribution in [1.29, 1.82) is 0 Å². The maximum Gasteiger partial charge on any atom is 0.286 e. The lowest BCUT2D eigenvalue weighted by Gasteiger charge is -2.30. The van der Waals surface area contributed by atoms with Gasteiger partial charge in [-0.1, -0.05) is 40.7 Å². The second-order valence-corrected chi connectivity index (χ2v) is 9.93. The molecule has 1 fully saturated rings. The molecule has 2 N–H and O–H groups in total. The Bertz CT molecular complexity index is 1050. The van der Waals surface area contributed by atoms with Crippen LogP contribution in [0.5, 0.6) is 0 Å². The molecule has 1 aromatic carbocycles. The molecule has 180 valence electrons. The fourth-order valence-electron chi connectivity index (χ4n) is 4.33. The normalized spacial score (nSPS) is 16.6. The van der Waals surface area contributed by atoms with Gasteiger partial charge in [0.05, 0.1) is 0 Å². The molecule has 0 bridgehead atoms. The minimum absolute atomic E-state index is 0.0744. The van der Waals surface area contributed by atoms with Crippen LogP contribution in [0.4, 0.5) is 5.69 Å². The summed E-state index contributed by atoms with van der Waals surface area (Å²) in [6.07, 6.45) is 9.32. The number of nitrogens with one attached hydrogen (secondary N) is 2. The molecule has 1 aliphatic heterocycles. The first kappa shape index (κ1) is 24.1. The maximum atomic E-state index is 12.9. The molecule has 2 heterocycles. The third kappa shape index (κ3) is 6.28. The number of hydrogen-bond donors (Lipinski definition) is 2. The third-order valence-corrected chi connectivity index (χ3v) is 7.30. The molecule has 1 saturated heterocycles. The van der Waals surface area contributed by atoms with E-state index in [9.17, 15) is 14.4 Å². The number of benzene rings is 1. The highest BCUT2D eigenvalue weighted by atomic mass is 32.1. The summed E-state index contributed by atoms with van der Waals surface area (Å²) in [5.74, 6) is -0.626. The van der Waals surface area contributed by atoms with Crippen LogP contribution in [0, 0.1) is 12.8 Å². The number of allylic oxidation sites excluding steroid dienone is 1. The van der Waals surface area contributed by atoms with E-state index in [1.165, 1.54) is 18.4 Å². The van der Waals surface area contributed by atoms with Crippen LogP contribution < -0.4 is 10.6 Å². The minimum Gasteiger partial charge on any atom is -0.356 e. The van der Waals surface area contributed by atoms with Crippen LogP contribution in [0.1, 0.15) is 70.1 Å². The molecule has 2 aliphatic rings. The molecule has 8 nitrogen and oxygen atoms in total. The topological polar surface area (TPSA) is 104 Å². The molecular weight excluding hydrogens is 450 g/mol. The lowest BCUT2D eigenvalue weighted by atomic mass is 9.95. The van der Waals surface area contributed by atoms with Crippen LogP contribution >= 0.6 is 11.3 Å². The Morgan fingerprint density at radius 1 is 1.06 bits per heavy atom. The van der Waals surface area contributed by atoms with Crippen molar-refractivity contribution in [3.8, 4) is 0 Å². The van der Waals surface area contributed by atoms with Gasteiger partial charge in [0.2, 0.25) is 15.9 Å². The molecule has 34 heavy (non-hydrogen) atoms. The summed E-state index contributed by atoms with van der Waals surface area (Å²) in [4.78, 5) is 39.5. The molecule has 4 rings (SSSR count). The van der Waals surface area contributed by atoms with Gasteiger partial charge < -0.3 is 15.5 Å². The van der Waals surface area contributed by atoms with E-state index in [0.717, 1.165) is 36.2 Å². The van der Waals surface area contributed by atoms with Crippen molar-refractivity contribution in [2.45, 2.75) is 51.9 Å². The van der Waals surface area contributed by atoms with Crippen LogP contribution in [0.15, 0.2) is 35.9 Å². The highest BCUT2D eigenvalue weighted by Crippen LogP contribution is 2.22. The number of aryl methyl sites for hydroxylation is 1. The van der Waals surface area contributed by atoms with Crippen molar-refractivity contribution in [3.05, 3.63) is 51.5 Å². The van der Waals surface area contributed by atoms with E-state index in [0.29, 0.717) is 38.2 Å². The zero-order chi connectivity index (χ0) is 23.9. The van der Waals surface area contributed by atoms with Gasteiger partial charge in [0.1, 0.15) is 0 Å².